The van der Waals surface area contributed by atoms with Crippen LogP contribution in [0.1, 0.15) is 46.6 Å². The van der Waals surface area contributed by atoms with Crippen molar-refractivity contribution in [2.24, 2.45) is 11.8 Å². The molecule has 0 N–H and O–H groups in total. The molecule has 11 nitrogen and oxygen atoms in total. The average molecular weight is 633 g/mol. The minimum absolute atomic E-state index is 0.0180. The number of carbonyl (C=O) groups is 2. The molecule has 0 radical (unpaired) electrons. The van der Waals surface area contributed by atoms with Crippen molar-refractivity contribution in [3.63, 3.8) is 0 Å². The van der Waals surface area contributed by atoms with E-state index in [1.807, 2.05) is 37.8 Å². The number of hydrogen-bond donors (Lipinski definition) is 0. The van der Waals surface area contributed by atoms with E-state index < -0.39 is 16.1 Å². The van der Waals surface area contributed by atoms with Crippen LogP contribution < -0.4 is 4.90 Å². The van der Waals surface area contributed by atoms with E-state index in [2.05, 4.69) is 14.9 Å². The van der Waals surface area contributed by atoms with Gasteiger partial charge in [0, 0.05) is 56.5 Å². The summed E-state index contributed by atoms with van der Waals surface area (Å²) >= 11 is 6.41. The summed E-state index contributed by atoms with van der Waals surface area (Å²) in [5.74, 6) is 0.859. The predicted octanol–water partition coefficient (Wildman–Crippen LogP) is 3.52. The predicted molar refractivity (Wildman–Crippen MR) is 165 cm³/mol. The van der Waals surface area contributed by atoms with Crippen molar-refractivity contribution in [1.29, 1.82) is 0 Å². The maximum absolute atomic E-state index is 13.4. The SMILES string of the molecule is Cc1ccc(N(CCCN2CC3CN(C(=O)c4c(C)ncnc4C)CC3C2)C(=O)OC2CCN(S(C)(=O)=O)CC2)cc1Cl. The maximum atomic E-state index is 13.4. The number of fused-ring (bicyclic) bond motifs is 1. The van der Waals surface area contributed by atoms with Crippen LogP contribution in [-0.2, 0) is 14.8 Å². The molecule has 2 unspecified atom stereocenters. The molecule has 2 amide bonds. The van der Waals surface area contributed by atoms with Gasteiger partial charge < -0.3 is 14.5 Å². The Labute approximate surface area is 259 Å². The van der Waals surface area contributed by atoms with Crippen molar-refractivity contribution in [3.05, 3.63) is 52.1 Å². The molecule has 3 aliphatic rings. The van der Waals surface area contributed by atoms with E-state index >= 15 is 0 Å². The highest BCUT2D eigenvalue weighted by atomic mass is 35.5. The molecule has 5 rings (SSSR count). The lowest BCUT2D eigenvalue weighted by atomic mass is 10.0. The van der Waals surface area contributed by atoms with Crippen molar-refractivity contribution in [2.75, 3.05) is 63.5 Å². The molecule has 2 aromatic rings. The number of likely N-dealkylation sites (tertiary alicyclic amines) is 2. The van der Waals surface area contributed by atoms with Crippen LogP contribution in [0.2, 0.25) is 5.02 Å². The Bertz CT molecular complexity index is 1430. The maximum Gasteiger partial charge on any atom is 0.414 e. The van der Waals surface area contributed by atoms with Gasteiger partial charge in [-0.3, -0.25) is 9.69 Å². The highest BCUT2D eigenvalue weighted by Gasteiger charge is 2.42. The highest BCUT2D eigenvalue weighted by molar-refractivity contribution is 7.88. The van der Waals surface area contributed by atoms with Gasteiger partial charge in [0.1, 0.15) is 12.4 Å². The second-order valence-electron chi connectivity index (χ2n) is 12.1. The molecule has 1 aromatic carbocycles. The van der Waals surface area contributed by atoms with Gasteiger partial charge in [0.05, 0.1) is 23.2 Å². The monoisotopic (exact) mass is 632 g/mol. The van der Waals surface area contributed by atoms with Crippen LogP contribution >= 0.6 is 11.6 Å². The van der Waals surface area contributed by atoms with Crippen LogP contribution in [0.5, 0.6) is 0 Å². The van der Waals surface area contributed by atoms with Gasteiger partial charge in [-0.2, -0.15) is 0 Å². The summed E-state index contributed by atoms with van der Waals surface area (Å²) < 4.78 is 31.0. The van der Waals surface area contributed by atoms with E-state index in [0.29, 0.717) is 72.0 Å². The summed E-state index contributed by atoms with van der Waals surface area (Å²) in [6.07, 6.45) is 3.59. The van der Waals surface area contributed by atoms with Gasteiger partial charge >= 0.3 is 6.09 Å². The molecule has 3 aliphatic heterocycles. The summed E-state index contributed by atoms with van der Waals surface area (Å²) in [4.78, 5) is 41.1. The van der Waals surface area contributed by atoms with Gasteiger partial charge in [-0.05, 0) is 76.1 Å². The number of benzene rings is 1. The van der Waals surface area contributed by atoms with Crippen molar-refractivity contribution >= 4 is 39.3 Å². The Morgan fingerprint density at radius 1 is 1.02 bits per heavy atom. The molecule has 4 heterocycles. The summed E-state index contributed by atoms with van der Waals surface area (Å²) in [6.45, 7) is 10.9. The molecular weight excluding hydrogens is 592 g/mol. The zero-order valence-electron chi connectivity index (χ0n) is 25.3. The molecule has 3 saturated heterocycles. The van der Waals surface area contributed by atoms with Crippen molar-refractivity contribution < 1.29 is 22.7 Å². The van der Waals surface area contributed by atoms with Gasteiger partial charge in [0.2, 0.25) is 10.0 Å². The van der Waals surface area contributed by atoms with E-state index in [1.165, 1.54) is 16.9 Å². The number of rotatable bonds is 8. The first-order valence-corrected chi connectivity index (χ1v) is 17.1. The van der Waals surface area contributed by atoms with E-state index in [1.54, 1.807) is 11.0 Å². The molecule has 0 spiro atoms. The third-order valence-corrected chi connectivity index (χ3v) is 10.7. The summed E-state index contributed by atoms with van der Waals surface area (Å²) in [5, 5.41) is 0.579. The average Bonchev–Trinajstić information content (AvgIpc) is 3.51. The highest BCUT2D eigenvalue weighted by Crippen LogP contribution is 2.33. The number of carbonyl (C=O) groups excluding carboxylic acids is 2. The van der Waals surface area contributed by atoms with Crippen LogP contribution in [0.25, 0.3) is 0 Å². The number of nitrogens with zero attached hydrogens (tertiary/aromatic N) is 6. The molecule has 0 saturated carbocycles. The zero-order chi connectivity index (χ0) is 30.9. The second kappa shape index (κ2) is 13.1. The number of aryl methyl sites for hydroxylation is 3. The number of amides is 2. The Balaban J connectivity index is 1.15. The van der Waals surface area contributed by atoms with E-state index in [-0.39, 0.29) is 12.0 Å². The minimum Gasteiger partial charge on any atom is -0.446 e. The van der Waals surface area contributed by atoms with Crippen LogP contribution in [0.4, 0.5) is 10.5 Å². The summed E-state index contributed by atoms with van der Waals surface area (Å²) in [7, 11) is -3.26. The number of halogens is 1. The van der Waals surface area contributed by atoms with Crippen molar-refractivity contribution in [1.82, 2.24) is 24.1 Å². The Morgan fingerprint density at radius 3 is 2.23 bits per heavy atom. The summed E-state index contributed by atoms with van der Waals surface area (Å²) in [5.41, 5.74) is 3.65. The van der Waals surface area contributed by atoms with Gasteiger partial charge in [0.15, 0.2) is 0 Å². The minimum atomic E-state index is -3.26. The smallest absolute Gasteiger partial charge is 0.414 e. The Kier molecular flexibility index (Phi) is 9.60. The quantitative estimate of drug-likeness (QED) is 0.434. The Hall–Kier alpha value is -2.80. The number of aromatic nitrogens is 2. The first-order chi connectivity index (χ1) is 20.4. The molecule has 234 valence electrons. The van der Waals surface area contributed by atoms with Crippen LogP contribution in [0, 0.1) is 32.6 Å². The molecule has 2 atom stereocenters. The largest absolute Gasteiger partial charge is 0.446 e. The van der Waals surface area contributed by atoms with Gasteiger partial charge in [-0.25, -0.2) is 27.5 Å². The Morgan fingerprint density at radius 2 is 1.65 bits per heavy atom. The molecule has 1 aromatic heterocycles. The topological polar surface area (TPSA) is 116 Å². The lowest BCUT2D eigenvalue weighted by Gasteiger charge is -2.32. The van der Waals surface area contributed by atoms with Crippen molar-refractivity contribution in [3.8, 4) is 0 Å². The molecule has 0 bridgehead atoms. The summed E-state index contributed by atoms with van der Waals surface area (Å²) in [6, 6.07) is 5.56. The van der Waals surface area contributed by atoms with Gasteiger partial charge in [-0.15, -0.1) is 0 Å². The fourth-order valence-corrected chi connectivity index (χ4v) is 7.56. The van der Waals surface area contributed by atoms with E-state index in [0.717, 1.165) is 44.7 Å². The molecule has 3 fully saturated rings. The molecule has 0 aliphatic carbocycles. The third-order valence-electron chi connectivity index (χ3n) is 8.97. The number of piperidine rings is 1. The van der Waals surface area contributed by atoms with Gasteiger partial charge in [-0.1, -0.05) is 17.7 Å². The van der Waals surface area contributed by atoms with Crippen molar-refractivity contribution in [2.45, 2.75) is 46.1 Å². The number of ether oxygens (including phenoxy) is 1. The first-order valence-electron chi connectivity index (χ1n) is 14.9. The third kappa shape index (κ3) is 7.30. The van der Waals surface area contributed by atoms with Crippen LogP contribution in [0.15, 0.2) is 24.5 Å². The lowest BCUT2D eigenvalue weighted by molar-refractivity contribution is 0.0722. The lowest BCUT2D eigenvalue weighted by Crippen LogP contribution is -2.43. The van der Waals surface area contributed by atoms with E-state index in [9.17, 15) is 18.0 Å². The number of anilines is 1. The fourth-order valence-electron chi connectivity index (χ4n) is 6.51. The molecule has 13 heteroatoms. The number of hydrogen-bond acceptors (Lipinski definition) is 8. The second-order valence-corrected chi connectivity index (χ2v) is 14.5. The first kappa shape index (κ1) is 31.6. The van der Waals surface area contributed by atoms with Gasteiger partial charge in [0.25, 0.3) is 5.91 Å². The van der Waals surface area contributed by atoms with Crippen LogP contribution in [0.3, 0.4) is 0 Å². The normalized spacial score (nSPS) is 21.7. The fraction of sp³-hybridized carbons (Fsp3) is 0.600. The van der Waals surface area contributed by atoms with E-state index in [4.69, 9.17) is 16.3 Å². The van der Waals surface area contributed by atoms with Crippen LogP contribution in [-0.4, -0.2) is 109 Å². The molecule has 43 heavy (non-hydrogen) atoms. The molecular formula is C30H41ClN6O5S. The standard InChI is InChI=1S/C30H41ClN6O5S/c1-20-6-7-25(14-27(20)31)37(30(39)42-26-8-12-36(13-9-26)43(4,40)41)11-5-10-34-15-23-17-35(18-24(23)16-34)29(38)28-21(2)32-19-33-22(28)3/h6-7,14,19,23-24,26H,5,8-13,15-18H2,1-4H3. The zero-order valence-corrected chi connectivity index (χ0v) is 26.9. The number of sulfonamides is 1.